The molecule has 0 radical (unpaired) electrons. The third kappa shape index (κ3) is 9.41. The highest BCUT2D eigenvalue weighted by molar-refractivity contribution is 7.80. The van der Waals surface area contributed by atoms with Crippen molar-refractivity contribution in [2.24, 2.45) is 17.4 Å². The summed E-state index contributed by atoms with van der Waals surface area (Å²) in [5, 5.41) is 25.6. The van der Waals surface area contributed by atoms with Crippen LogP contribution in [0.2, 0.25) is 0 Å². The van der Waals surface area contributed by atoms with Gasteiger partial charge in [0.15, 0.2) is 0 Å². The highest BCUT2D eigenvalue weighted by atomic mass is 32.1. The van der Waals surface area contributed by atoms with Crippen LogP contribution in [-0.4, -0.2) is 75.8 Å². The van der Waals surface area contributed by atoms with E-state index in [1.54, 1.807) is 13.8 Å². The van der Waals surface area contributed by atoms with Crippen molar-refractivity contribution in [1.29, 1.82) is 0 Å². The molecule has 30 heavy (non-hydrogen) atoms. The van der Waals surface area contributed by atoms with E-state index in [1.807, 2.05) is 0 Å². The zero-order valence-corrected chi connectivity index (χ0v) is 18.0. The lowest BCUT2D eigenvalue weighted by atomic mass is 10.0. The summed E-state index contributed by atoms with van der Waals surface area (Å²) in [5.41, 5.74) is 10.6. The predicted molar refractivity (Wildman–Crippen MR) is 110 cm³/mol. The number of carboxylic acid groups (broad SMARTS) is 1. The van der Waals surface area contributed by atoms with Gasteiger partial charge in [-0.3, -0.25) is 19.2 Å². The molecule has 0 rings (SSSR count). The molecule has 0 aliphatic rings. The quantitative estimate of drug-likeness (QED) is 0.136. The minimum Gasteiger partial charge on any atom is -0.480 e. The molecule has 13 heteroatoms. The van der Waals surface area contributed by atoms with Crippen LogP contribution in [0.5, 0.6) is 0 Å². The van der Waals surface area contributed by atoms with E-state index < -0.39 is 65.8 Å². The zero-order chi connectivity index (χ0) is 23.6. The number of hydrogen-bond donors (Lipinski definition) is 8. The second-order valence-electron chi connectivity index (χ2n) is 7.14. The summed E-state index contributed by atoms with van der Waals surface area (Å²) in [4.78, 5) is 59.5. The Morgan fingerprint density at radius 3 is 1.83 bits per heavy atom. The zero-order valence-electron chi connectivity index (χ0n) is 17.1. The molecule has 0 saturated carbocycles. The second-order valence-corrected chi connectivity index (χ2v) is 7.51. The summed E-state index contributed by atoms with van der Waals surface area (Å²) in [6.45, 7) is 4.49. The van der Waals surface area contributed by atoms with Gasteiger partial charge in [0, 0.05) is 12.2 Å². The first-order valence-electron chi connectivity index (χ1n) is 9.28. The van der Waals surface area contributed by atoms with Gasteiger partial charge in [0.1, 0.15) is 24.2 Å². The minimum absolute atomic E-state index is 0.155. The van der Waals surface area contributed by atoms with Crippen LogP contribution in [0.4, 0.5) is 0 Å². The van der Waals surface area contributed by atoms with Crippen molar-refractivity contribution in [3.63, 3.8) is 0 Å². The van der Waals surface area contributed by atoms with Gasteiger partial charge in [0.2, 0.25) is 23.6 Å². The predicted octanol–water partition coefficient (Wildman–Crippen LogP) is -2.92. The number of aliphatic hydroxyl groups is 1. The SMILES string of the molecule is CC(C)C(NC(=O)C(CCC(N)=O)NC(=O)C(CS)NC(=O)C(N)C(C)O)C(=O)O. The van der Waals surface area contributed by atoms with E-state index in [2.05, 4.69) is 28.6 Å². The van der Waals surface area contributed by atoms with Crippen molar-refractivity contribution in [1.82, 2.24) is 16.0 Å². The van der Waals surface area contributed by atoms with Crippen LogP contribution in [0, 0.1) is 5.92 Å². The van der Waals surface area contributed by atoms with Crippen LogP contribution in [-0.2, 0) is 24.0 Å². The molecule has 0 fully saturated rings. The number of primary amides is 1. The van der Waals surface area contributed by atoms with Gasteiger partial charge >= 0.3 is 5.97 Å². The van der Waals surface area contributed by atoms with Gasteiger partial charge in [-0.25, -0.2) is 4.79 Å². The Balaban J connectivity index is 5.34. The maximum Gasteiger partial charge on any atom is 0.326 e. The Hall–Kier alpha value is -2.38. The Morgan fingerprint density at radius 1 is 0.933 bits per heavy atom. The standard InChI is InChI=1S/C17H31N5O7S/c1-7(2)13(17(28)29)22-14(25)9(4-5-11(18)24)20-15(26)10(6-30)21-16(27)12(19)8(3)23/h7-10,12-13,23,30H,4-6,19H2,1-3H3,(H2,18,24)(H,20,26)(H,21,27)(H,22,25)(H,28,29). The number of carbonyl (C=O) groups is 5. The van der Waals surface area contributed by atoms with Gasteiger partial charge in [-0.15, -0.1) is 0 Å². The van der Waals surface area contributed by atoms with Crippen molar-refractivity contribution in [3.05, 3.63) is 0 Å². The number of nitrogens with two attached hydrogens (primary N) is 2. The maximum atomic E-state index is 12.5. The van der Waals surface area contributed by atoms with Crippen molar-refractivity contribution in [3.8, 4) is 0 Å². The first-order valence-corrected chi connectivity index (χ1v) is 9.91. The fraction of sp³-hybridized carbons (Fsp3) is 0.706. The number of hydrogen-bond acceptors (Lipinski definition) is 8. The number of nitrogens with one attached hydrogen (secondary N) is 3. The molecule has 5 unspecified atom stereocenters. The Labute approximate surface area is 179 Å². The average Bonchev–Trinajstić information content (AvgIpc) is 2.65. The average molecular weight is 450 g/mol. The van der Waals surface area contributed by atoms with E-state index >= 15 is 0 Å². The van der Waals surface area contributed by atoms with Gasteiger partial charge in [-0.1, -0.05) is 13.8 Å². The fourth-order valence-electron chi connectivity index (χ4n) is 2.28. The van der Waals surface area contributed by atoms with E-state index in [0.29, 0.717) is 0 Å². The number of carbonyl (C=O) groups excluding carboxylic acids is 4. The lowest BCUT2D eigenvalue weighted by molar-refractivity contribution is -0.143. The molecule has 9 N–H and O–H groups in total. The van der Waals surface area contributed by atoms with Gasteiger partial charge in [-0.05, 0) is 19.3 Å². The first-order chi connectivity index (χ1) is 13.8. The van der Waals surface area contributed by atoms with Crippen LogP contribution in [0.3, 0.4) is 0 Å². The van der Waals surface area contributed by atoms with Crippen LogP contribution >= 0.6 is 12.6 Å². The second kappa shape index (κ2) is 13.0. The van der Waals surface area contributed by atoms with E-state index in [1.165, 1.54) is 6.92 Å². The minimum atomic E-state index is -1.28. The summed E-state index contributed by atoms with van der Waals surface area (Å²) in [6, 6.07) is -4.98. The molecule has 0 aliphatic carbocycles. The number of amides is 4. The third-order valence-corrected chi connectivity index (χ3v) is 4.55. The molecular formula is C17H31N5O7S. The fourth-order valence-corrected chi connectivity index (χ4v) is 2.53. The van der Waals surface area contributed by atoms with Gasteiger partial charge < -0.3 is 37.6 Å². The molecule has 172 valence electrons. The molecule has 0 saturated heterocycles. The molecule has 12 nitrogen and oxygen atoms in total. The topological polar surface area (TPSA) is 214 Å². The monoisotopic (exact) mass is 449 g/mol. The smallest absolute Gasteiger partial charge is 0.326 e. The lowest BCUT2D eigenvalue weighted by Gasteiger charge is -2.25. The summed E-state index contributed by atoms with van der Waals surface area (Å²) >= 11 is 3.99. The normalized spacial score (nSPS) is 16.0. The Kier molecular flexibility index (Phi) is 12.0. The summed E-state index contributed by atoms with van der Waals surface area (Å²) in [5.74, 6) is -5.01. The first kappa shape index (κ1) is 27.6. The molecule has 0 aromatic carbocycles. The molecule has 0 aromatic rings. The highest BCUT2D eigenvalue weighted by Gasteiger charge is 2.31. The molecule has 4 amide bonds. The van der Waals surface area contributed by atoms with Crippen molar-refractivity contribution in [2.75, 3.05) is 5.75 Å². The van der Waals surface area contributed by atoms with Gasteiger partial charge in [-0.2, -0.15) is 12.6 Å². The molecule has 0 aliphatic heterocycles. The summed E-state index contributed by atoms with van der Waals surface area (Å²) in [7, 11) is 0. The Bertz CT molecular complexity index is 644. The molecule has 0 spiro atoms. The molecule has 0 aromatic heterocycles. The molecule has 0 bridgehead atoms. The number of aliphatic hydroxyl groups excluding tert-OH is 1. The van der Waals surface area contributed by atoms with E-state index in [0.717, 1.165) is 0 Å². The Morgan fingerprint density at radius 2 is 1.43 bits per heavy atom. The lowest BCUT2D eigenvalue weighted by Crippen LogP contribution is -2.59. The van der Waals surface area contributed by atoms with Crippen LogP contribution in [0.1, 0.15) is 33.6 Å². The number of carboxylic acids is 1. The highest BCUT2D eigenvalue weighted by Crippen LogP contribution is 2.05. The maximum absolute atomic E-state index is 12.5. The van der Waals surface area contributed by atoms with Crippen LogP contribution in [0.15, 0.2) is 0 Å². The van der Waals surface area contributed by atoms with E-state index in [-0.39, 0.29) is 18.6 Å². The molecule has 0 heterocycles. The number of thiol groups is 1. The van der Waals surface area contributed by atoms with Crippen LogP contribution in [0.25, 0.3) is 0 Å². The summed E-state index contributed by atoms with van der Waals surface area (Å²) < 4.78 is 0. The summed E-state index contributed by atoms with van der Waals surface area (Å²) in [6.07, 6.45) is -1.59. The number of rotatable bonds is 13. The number of aliphatic carboxylic acids is 1. The van der Waals surface area contributed by atoms with Gasteiger partial charge in [0.05, 0.1) is 6.10 Å². The largest absolute Gasteiger partial charge is 0.480 e. The van der Waals surface area contributed by atoms with E-state index in [9.17, 15) is 34.2 Å². The van der Waals surface area contributed by atoms with Crippen molar-refractivity contribution in [2.45, 2.75) is 63.9 Å². The van der Waals surface area contributed by atoms with Gasteiger partial charge in [0.25, 0.3) is 0 Å². The molecule has 5 atom stereocenters. The van der Waals surface area contributed by atoms with Crippen molar-refractivity contribution >= 4 is 42.2 Å². The third-order valence-electron chi connectivity index (χ3n) is 4.18. The van der Waals surface area contributed by atoms with Crippen LogP contribution < -0.4 is 27.4 Å². The van der Waals surface area contributed by atoms with E-state index in [4.69, 9.17) is 11.5 Å². The molecular weight excluding hydrogens is 418 g/mol. The van der Waals surface area contributed by atoms with Crippen molar-refractivity contribution < 1.29 is 34.2 Å².